The first-order chi connectivity index (χ1) is 9.48. The van der Waals surface area contributed by atoms with E-state index in [-0.39, 0.29) is 21.6 Å². The average molecular weight is 317 g/mol. The maximum Gasteiger partial charge on any atom is 0.246 e. The summed E-state index contributed by atoms with van der Waals surface area (Å²) in [6, 6.07) is 4.87. The second-order valence-corrected chi connectivity index (χ2v) is 7.39. The predicted octanol–water partition coefficient (Wildman–Crippen LogP) is 3.27. The molecule has 4 nitrogen and oxygen atoms in total. The number of rotatable bonds is 4. The first kappa shape index (κ1) is 15.6. The SMILES string of the molecule is CCN(C1CCCCC1)S(=O)(=O)c1c(N)cccc1Cl. The summed E-state index contributed by atoms with van der Waals surface area (Å²) < 4.78 is 27.3. The van der Waals surface area contributed by atoms with Crippen molar-refractivity contribution in [1.29, 1.82) is 0 Å². The molecule has 1 fully saturated rings. The molecule has 0 saturated heterocycles. The quantitative estimate of drug-likeness (QED) is 0.867. The van der Waals surface area contributed by atoms with Crippen LogP contribution in [0.1, 0.15) is 39.0 Å². The van der Waals surface area contributed by atoms with Crippen LogP contribution in [0.2, 0.25) is 5.02 Å². The fourth-order valence-electron chi connectivity index (χ4n) is 2.91. The van der Waals surface area contributed by atoms with Gasteiger partial charge in [-0.15, -0.1) is 0 Å². The number of nitrogens with zero attached hydrogens (tertiary/aromatic N) is 1. The van der Waals surface area contributed by atoms with E-state index in [0.29, 0.717) is 6.54 Å². The Kier molecular flexibility index (Phi) is 4.94. The minimum absolute atomic E-state index is 0.0501. The van der Waals surface area contributed by atoms with Gasteiger partial charge < -0.3 is 5.73 Å². The molecule has 0 spiro atoms. The molecule has 1 aliphatic carbocycles. The van der Waals surface area contributed by atoms with Gasteiger partial charge in [0.2, 0.25) is 10.0 Å². The number of hydrogen-bond donors (Lipinski definition) is 1. The van der Waals surface area contributed by atoms with E-state index in [1.165, 1.54) is 6.42 Å². The highest BCUT2D eigenvalue weighted by atomic mass is 35.5. The smallest absolute Gasteiger partial charge is 0.246 e. The molecule has 0 aromatic heterocycles. The van der Waals surface area contributed by atoms with Crippen molar-refractivity contribution in [2.75, 3.05) is 12.3 Å². The van der Waals surface area contributed by atoms with E-state index in [1.54, 1.807) is 22.5 Å². The van der Waals surface area contributed by atoms with Crippen LogP contribution in [-0.2, 0) is 10.0 Å². The lowest BCUT2D eigenvalue weighted by Crippen LogP contribution is -2.41. The van der Waals surface area contributed by atoms with Gasteiger partial charge in [-0.05, 0) is 25.0 Å². The number of benzene rings is 1. The maximum absolute atomic E-state index is 12.9. The predicted molar refractivity (Wildman–Crippen MR) is 82.3 cm³/mol. The molecule has 112 valence electrons. The molecule has 0 unspecified atom stereocenters. The summed E-state index contributed by atoms with van der Waals surface area (Å²) in [5.74, 6) is 0. The summed E-state index contributed by atoms with van der Waals surface area (Å²) in [6.07, 6.45) is 5.17. The third-order valence-electron chi connectivity index (χ3n) is 3.86. The summed E-state index contributed by atoms with van der Waals surface area (Å²) in [4.78, 5) is 0.0501. The van der Waals surface area contributed by atoms with Crippen molar-refractivity contribution in [3.63, 3.8) is 0 Å². The van der Waals surface area contributed by atoms with E-state index in [4.69, 9.17) is 17.3 Å². The Morgan fingerprint density at radius 2 is 1.95 bits per heavy atom. The molecular formula is C14H21ClN2O2S. The molecule has 0 aliphatic heterocycles. The summed E-state index contributed by atoms with van der Waals surface area (Å²) in [6.45, 7) is 2.30. The van der Waals surface area contributed by atoms with E-state index in [1.807, 2.05) is 6.92 Å². The van der Waals surface area contributed by atoms with Crippen molar-refractivity contribution in [3.05, 3.63) is 23.2 Å². The Balaban J connectivity index is 2.41. The lowest BCUT2D eigenvalue weighted by Gasteiger charge is -2.33. The zero-order valence-electron chi connectivity index (χ0n) is 11.7. The van der Waals surface area contributed by atoms with Crippen LogP contribution in [-0.4, -0.2) is 25.3 Å². The molecule has 0 amide bonds. The summed E-state index contributed by atoms with van der Waals surface area (Å²) in [7, 11) is -3.64. The van der Waals surface area contributed by atoms with Crippen LogP contribution in [0, 0.1) is 0 Å². The van der Waals surface area contributed by atoms with Gasteiger partial charge in [-0.25, -0.2) is 8.42 Å². The van der Waals surface area contributed by atoms with Gasteiger partial charge in [-0.3, -0.25) is 0 Å². The van der Waals surface area contributed by atoms with Gasteiger partial charge in [-0.1, -0.05) is 43.9 Å². The minimum Gasteiger partial charge on any atom is -0.398 e. The van der Waals surface area contributed by atoms with Crippen molar-refractivity contribution in [2.45, 2.75) is 50.0 Å². The molecular weight excluding hydrogens is 296 g/mol. The number of hydrogen-bond acceptors (Lipinski definition) is 3. The molecule has 1 aromatic rings. The summed E-state index contributed by atoms with van der Waals surface area (Å²) in [5.41, 5.74) is 6.05. The normalized spacial score (nSPS) is 17.6. The zero-order valence-corrected chi connectivity index (χ0v) is 13.3. The van der Waals surface area contributed by atoms with Gasteiger partial charge in [-0.2, -0.15) is 4.31 Å². The molecule has 2 N–H and O–H groups in total. The number of halogens is 1. The van der Waals surface area contributed by atoms with Gasteiger partial charge in [0.25, 0.3) is 0 Å². The van der Waals surface area contributed by atoms with E-state index in [0.717, 1.165) is 25.7 Å². The number of nitrogen functional groups attached to an aromatic ring is 1. The fourth-order valence-corrected chi connectivity index (χ4v) is 5.24. The van der Waals surface area contributed by atoms with Crippen molar-refractivity contribution in [1.82, 2.24) is 4.31 Å². The molecule has 0 heterocycles. The minimum atomic E-state index is -3.64. The second-order valence-electron chi connectivity index (χ2n) is 5.16. The van der Waals surface area contributed by atoms with E-state index in [9.17, 15) is 8.42 Å². The molecule has 1 saturated carbocycles. The molecule has 0 atom stereocenters. The van der Waals surface area contributed by atoms with E-state index >= 15 is 0 Å². The third-order valence-corrected chi connectivity index (χ3v) is 6.43. The van der Waals surface area contributed by atoms with E-state index in [2.05, 4.69) is 0 Å². The van der Waals surface area contributed by atoms with Crippen LogP contribution in [0.3, 0.4) is 0 Å². The Hall–Kier alpha value is -0.780. The first-order valence-electron chi connectivity index (χ1n) is 7.04. The van der Waals surface area contributed by atoms with Gasteiger partial charge in [0.15, 0.2) is 0 Å². The Labute approximate surface area is 126 Å². The lowest BCUT2D eigenvalue weighted by atomic mass is 9.95. The third kappa shape index (κ3) is 2.95. The number of anilines is 1. The molecule has 6 heteroatoms. The standard InChI is InChI=1S/C14H21ClN2O2S/c1-2-17(11-7-4-3-5-8-11)20(18,19)14-12(15)9-6-10-13(14)16/h6,9-11H,2-5,7-8,16H2,1H3. The van der Waals surface area contributed by atoms with Crippen molar-refractivity contribution in [2.24, 2.45) is 0 Å². The van der Waals surface area contributed by atoms with Crippen LogP contribution >= 0.6 is 11.6 Å². The molecule has 1 aliphatic rings. The fraction of sp³-hybridized carbons (Fsp3) is 0.571. The second kappa shape index (κ2) is 6.33. The summed E-state index contributed by atoms with van der Waals surface area (Å²) in [5, 5.41) is 0.194. The van der Waals surface area contributed by atoms with Crippen LogP contribution < -0.4 is 5.73 Å². The maximum atomic E-state index is 12.9. The first-order valence-corrected chi connectivity index (χ1v) is 8.86. The number of sulfonamides is 1. The highest BCUT2D eigenvalue weighted by molar-refractivity contribution is 7.89. The Bertz CT molecular complexity index is 548. The molecule has 1 aromatic carbocycles. The van der Waals surface area contributed by atoms with Gasteiger partial charge >= 0.3 is 0 Å². The van der Waals surface area contributed by atoms with Crippen LogP contribution in [0.25, 0.3) is 0 Å². The van der Waals surface area contributed by atoms with Crippen LogP contribution in [0.15, 0.2) is 23.1 Å². The highest BCUT2D eigenvalue weighted by Gasteiger charge is 2.33. The van der Waals surface area contributed by atoms with Gasteiger partial charge in [0, 0.05) is 12.6 Å². The van der Waals surface area contributed by atoms with Crippen molar-refractivity contribution < 1.29 is 8.42 Å². The van der Waals surface area contributed by atoms with Crippen LogP contribution in [0.4, 0.5) is 5.69 Å². The average Bonchev–Trinajstić information content (AvgIpc) is 2.40. The molecule has 2 rings (SSSR count). The topological polar surface area (TPSA) is 63.4 Å². The number of nitrogens with two attached hydrogens (primary N) is 1. The highest BCUT2D eigenvalue weighted by Crippen LogP contribution is 2.33. The Morgan fingerprint density at radius 1 is 1.30 bits per heavy atom. The van der Waals surface area contributed by atoms with Crippen molar-refractivity contribution >= 4 is 27.3 Å². The molecule has 0 radical (unpaired) electrons. The largest absolute Gasteiger partial charge is 0.398 e. The van der Waals surface area contributed by atoms with Crippen LogP contribution in [0.5, 0.6) is 0 Å². The van der Waals surface area contributed by atoms with Gasteiger partial charge in [0.05, 0.1) is 10.7 Å². The van der Waals surface area contributed by atoms with Gasteiger partial charge in [0.1, 0.15) is 4.90 Å². The lowest BCUT2D eigenvalue weighted by molar-refractivity contribution is 0.261. The zero-order chi connectivity index (χ0) is 14.8. The molecule has 0 bridgehead atoms. The molecule has 20 heavy (non-hydrogen) atoms. The van der Waals surface area contributed by atoms with Crippen molar-refractivity contribution in [3.8, 4) is 0 Å². The summed E-state index contributed by atoms with van der Waals surface area (Å²) >= 11 is 6.07. The monoisotopic (exact) mass is 316 g/mol. The van der Waals surface area contributed by atoms with E-state index < -0.39 is 10.0 Å². The Morgan fingerprint density at radius 3 is 2.50 bits per heavy atom.